The van der Waals surface area contributed by atoms with Crippen LogP contribution < -0.4 is 5.32 Å². The van der Waals surface area contributed by atoms with E-state index in [4.69, 9.17) is 0 Å². The van der Waals surface area contributed by atoms with Gasteiger partial charge in [0.05, 0.1) is 5.52 Å². The van der Waals surface area contributed by atoms with Crippen molar-refractivity contribution in [3.63, 3.8) is 0 Å². The molecule has 0 saturated heterocycles. The second-order valence-electron chi connectivity index (χ2n) is 5.82. The van der Waals surface area contributed by atoms with Gasteiger partial charge in [-0.05, 0) is 29.7 Å². The Morgan fingerprint density at radius 2 is 1.94 bits per heavy atom. The summed E-state index contributed by atoms with van der Waals surface area (Å²) in [5.74, 6) is 0. The first-order valence-electron chi connectivity index (χ1n) is 6.60. The van der Waals surface area contributed by atoms with E-state index >= 15 is 0 Å². The summed E-state index contributed by atoms with van der Waals surface area (Å²) in [6, 6.07) is 10.9. The second-order valence-corrected chi connectivity index (χ2v) is 5.82. The molecule has 0 amide bonds. The topological polar surface area (TPSA) is 24.9 Å². The minimum Gasteiger partial charge on any atom is -0.310 e. The zero-order valence-corrected chi connectivity index (χ0v) is 11.7. The van der Waals surface area contributed by atoms with Crippen LogP contribution in [-0.4, -0.2) is 11.5 Å². The number of pyridine rings is 1. The van der Waals surface area contributed by atoms with Gasteiger partial charge < -0.3 is 5.32 Å². The predicted molar refractivity (Wildman–Crippen MR) is 77.6 cm³/mol. The van der Waals surface area contributed by atoms with Gasteiger partial charge in [0.1, 0.15) is 0 Å². The standard InChI is InChI=1S/C16H22N2/c1-5-17-15(16(2,3)4)13-10-12-8-6-7-9-14(12)18-11-13/h6-11,15,17H,5H2,1-4H3. The van der Waals surface area contributed by atoms with E-state index in [1.807, 2.05) is 12.3 Å². The van der Waals surface area contributed by atoms with Crippen LogP contribution in [0.1, 0.15) is 39.3 Å². The average molecular weight is 242 g/mol. The summed E-state index contributed by atoms with van der Waals surface area (Å²) in [4.78, 5) is 4.56. The summed E-state index contributed by atoms with van der Waals surface area (Å²) >= 11 is 0. The minimum absolute atomic E-state index is 0.181. The molecule has 96 valence electrons. The summed E-state index contributed by atoms with van der Waals surface area (Å²) < 4.78 is 0. The number of aromatic nitrogens is 1. The van der Waals surface area contributed by atoms with E-state index in [-0.39, 0.29) is 5.41 Å². The summed E-state index contributed by atoms with van der Waals surface area (Å²) in [7, 11) is 0. The molecule has 1 unspecified atom stereocenters. The summed E-state index contributed by atoms with van der Waals surface area (Å²) in [5.41, 5.74) is 2.51. The van der Waals surface area contributed by atoms with Crippen LogP contribution in [0.3, 0.4) is 0 Å². The van der Waals surface area contributed by atoms with E-state index in [0.717, 1.165) is 12.1 Å². The highest BCUT2D eigenvalue weighted by Crippen LogP contribution is 2.33. The number of para-hydroxylation sites is 1. The van der Waals surface area contributed by atoms with Gasteiger partial charge in [-0.2, -0.15) is 0 Å². The zero-order valence-electron chi connectivity index (χ0n) is 11.7. The van der Waals surface area contributed by atoms with E-state index in [2.05, 4.69) is 62.3 Å². The third-order valence-corrected chi connectivity index (χ3v) is 3.22. The number of nitrogens with zero attached hydrogens (tertiary/aromatic N) is 1. The van der Waals surface area contributed by atoms with Gasteiger partial charge in [-0.1, -0.05) is 45.9 Å². The lowest BCUT2D eigenvalue weighted by Crippen LogP contribution is -2.32. The van der Waals surface area contributed by atoms with Gasteiger partial charge in [0.25, 0.3) is 0 Å². The highest BCUT2D eigenvalue weighted by Gasteiger charge is 2.25. The molecular formula is C16H22N2. The molecule has 1 aromatic carbocycles. The SMILES string of the molecule is CCNC(c1cnc2ccccc2c1)C(C)(C)C. The van der Waals surface area contributed by atoms with Crippen molar-refractivity contribution in [2.24, 2.45) is 5.41 Å². The molecule has 2 aromatic rings. The molecule has 0 aliphatic heterocycles. The Kier molecular flexibility index (Phi) is 3.67. The Bertz CT molecular complexity index is 526. The van der Waals surface area contributed by atoms with Crippen molar-refractivity contribution in [1.29, 1.82) is 0 Å². The normalized spacial score (nSPS) is 13.8. The largest absolute Gasteiger partial charge is 0.310 e. The molecule has 18 heavy (non-hydrogen) atoms. The lowest BCUT2D eigenvalue weighted by molar-refractivity contribution is 0.276. The van der Waals surface area contributed by atoms with Gasteiger partial charge in [0.2, 0.25) is 0 Å². The number of hydrogen-bond acceptors (Lipinski definition) is 2. The lowest BCUT2D eigenvalue weighted by atomic mass is 9.82. The number of nitrogens with one attached hydrogen (secondary N) is 1. The fourth-order valence-corrected chi connectivity index (χ4v) is 2.37. The molecular weight excluding hydrogens is 220 g/mol. The molecule has 0 aliphatic carbocycles. The van der Waals surface area contributed by atoms with Crippen molar-refractivity contribution < 1.29 is 0 Å². The third-order valence-electron chi connectivity index (χ3n) is 3.22. The van der Waals surface area contributed by atoms with Crippen LogP contribution >= 0.6 is 0 Å². The molecule has 1 N–H and O–H groups in total. The van der Waals surface area contributed by atoms with Crippen LogP contribution in [0.25, 0.3) is 10.9 Å². The molecule has 0 spiro atoms. The summed E-state index contributed by atoms with van der Waals surface area (Å²) in [6.07, 6.45) is 2.00. The maximum atomic E-state index is 4.56. The van der Waals surface area contributed by atoms with Crippen LogP contribution in [0, 0.1) is 5.41 Å². The Morgan fingerprint density at radius 3 is 2.61 bits per heavy atom. The lowest BCUT2D eigenvalue weighted by Gasteiger charge is -2.31. The van der Waals surface area contributed by atoms with Gasteiger partial charge in [0.15, 0.2) is 0 Å². The summed E-state index contributed by atoms with van der Waals surface area (Å²) in [6.45, 7) is 9.89. The van der Waals surface area contributed by atoms with E-state index in [9.17, 15) is 0 Å². The van der Waals surface area contributed by atoms with Gasteiger partial charge in [-0.15, -0.1) is 0 Å². The molecule has 1 heterocycles. The Morgan fingerprint density at radius 1 is 1.22 bits per heavy atom. The number of benzene rings is 1. The average Bonchev–Trinajstić information content (AvgIpc) is 2.34. The highest BCUT2D eigenvalue weighted by molar-refractivity contribution is 5.78. The van der Waals surface area contributed by atoms with Crippen molar-refractivity contribution in [2.75, 3.05) is 6.54 Å². The van der Waals surface area contributed by atoms with Crippen molar-refractivity contribution >= 4 is 10.9 Å². The molecule has 0 radical (unpaired) electrons. The van der Waals surface area contributed by atoms with Crippen molar-refractivity contribution in [3.8, 4) is 0 Å². The number of fused-ring (bicyclic) bond motifs is 1. The second kappa shape index (κ2) is 5.07. The summed E-state index contributed by atoms with van der Waals surface area (Å²) in [5, 5.41) is 4.77. The van der Waals surface area contributed by atoms with Gasteiger partial charge >= 0.3 is 0 Å². The van der Waals surface area contributed by atoms with Crippen LogP contribution in [0.15, 0.2) is 36.5 Å². The molecule has 0 bridgehead atoms. The quantitative estimate of drug-likeness (QED) is 0.882. The minimum atomic E-state index is 0.181. The Balaban J connectivity index is 2.44. The van der Waals surface area contributed by atoms with Gasteiger partial charge in [-0.3, -0.25) is 4.98 Å². The van der Waals surface area contributed by atoms with Crippen LogP contribution in [0.2, 0.25) is 0 Å². The molecule has 2 heteroatoms. The van der Waals surface area contributed by atoms with Crippen LogP contribution in [0.4, 0.5) is 0 Å². The molecule has 1 atom stereocenters. The first kappa shape index (κ1) is 13.0. The van der Waals surface area contributed by atoms with Crippen molar-refractivity contribution in [1.82, 2.24) is 10.3 Å². The van der Waals surface area contributed by atoms with E-state index in [1.54, 1.807) is 0 Å². The molecule has 0 aliphatic rings. The maximum absolute atomic E-state index is 4.56. The number of hydrogen-bond donors (Lipinski definition) is 1. The molecule has 2 rings (SSSR count). The Hall–Kier alpha value is -1.41. The van der Waals surface area contributed by atoms with Crippen LogP contribution in [0.5, 0.6) is 0 Å². The van der Waals surface area contributed by atoms with Crippen molar-refractivity contribution in [3.05, 3.63) is 42.1 Å². The molecule has 0 saturated carbocycles. The molecule has 2 nitrogen and oxygen atoms in total. The van der Waals surface area contributed by atoms with E-state index < -0.39 is 0 Å². The maximum Gasteiger partial charge on any atom is 0.0702 e. The molecule has 0 fully saturated rings. The predicted octanol–water partition coefficient (Wildman–Crippen LogP) is 3.93. The fourth-order valence-electron chi connectivity index (χ4n) is 2.37. The first-order chi connectivity index (χ1) is 8.52. The fraction of sp³-hybridized carbons (Fsp3) is 0.438. The number of rotatable bonds is 3. The van der Waals surface area contributed by atoms with Gasteiger partial charge in [-0.25, -0.2) is 0 Å². The first-order valence-corrected chi connectivity index (χ1v) is 6.60. The smallest absolute Gasteiger partial charge is 0.0702 e. The molecule has 1 aromatic heterocycles. The van der Waals surface area contributed by atoms with E-state index in [0.29, 0.717) is 6.04 Å². The van der Waals surface area contributed by atoms with Crippen LogP contribution in [-0.2, 0) is 0 Å². The highest BCUT2D eigenvalue weighted by atomic mass is 14.9. The third kappa shape index (κ3) is 2.70. The van der Waals surface area contributed by atoms with E-state index in [1.165, 1.54) is 10.9 Å². The zero-order chi connectivity index (χ0) is 13.2. The Labute approximate surface area is 109 Å². The van der Waals surface area contributed by atoms with Crippen molar-refractivity contribution in [2.45, 2.75) is 33.7 Å². The van der Waals surface area contributed by atoms with Gasteiger partial charge in [0, 0.05) is 17.6 Å². The monoisotopic (exact) mass is 242 g/mol.